The van der Waals surface area contributed by atoms with Crippen molar-refractivity contribution in [3.8, 4) is 11.5 Å². The Hall–Kier alpha value is -1.000. The van der Waals surface area contributed by atoms with E-state index in [-0.39, 0.29) is 17.5 Å². The van der Waals surface area contributed by atoms with Crippen molar-refractivity contribution in [2.24, 2.45) is 0 Å². The van der Waals surface area contributed by atoms with Gasteiger partial charge in [0.25, 0.3) is 0 Å². The minimum Gasteiger partial charge on any atom is -0.504 e. The zero-order valence-electron chi connectivity index (χ0n) is 9.96. The van der Waals surface area contributed by atoms with Crippen LogP contribution in [0.1, 0.15) is 0 Å². The SMILES string of the molecule is Oc1c(Cl)cc(Cl)cc1NCOc1ccc(Cl)cc1Cl. The Labute approximate surface area is 136 Å². The molecule has 0 bridgehead atoms. The van der Waals surface area contributed by atoms with E-state index >= 15 is 0 Å². The molecule has 106 valence electrons. The Morgan fingerprint density at radius 1 is 0.950 bits per heavy atom. The number of aromatic hydroxyl groups is 1. The molecule has 3 nitrogen and oxygen atoms in total. The quantitative estimate of drug-likeness (QED) is 0.567. The van der Waals surface area contributed by atoms with E-state index in [0.717, 1.165) is 0 Å². The second kappa shape index (κ2) is 6.64. The number of phenolic OH excluding ortho intramolecular Hbond substituents is 1. The molecule has 0 aliphatic carbocycles. The fraction of sp³-hybridized carbons (Fsp3) is 0.0769. The van der Waals surface area contributed by atoms with Gasteiger partial charge in [-0.2, -0.15) is 0 Å². The highest BCUT2D eigenvalue weighted by Crippen LogP contribution is 2.35. The highest BCUT2D eigenvalue weighted by atomic mass is 35.5. The number of rotatable bonds is 4. The predicted octanol–water partition coefficient (Wildman–Crippen LogP) is 5.45. The minimum absolute atomic E-state index is 0.0750. The van der Waals surface area contributed by atoms with Crippen molar-refractivity contribution >= 4 is 52.1 Å². The lowest BCUT2D eigenvalue weighted by molar-refractivity contribution is 0.346. The monoisotopic (exact) mass is 351 g/mol. The summed E-state index contributed by atoms with van der Waals surface area (Å²) in [6.45, 7) is 0.0750. The van der Waals surface area contributed by atoms with Crippen LogP contribution in [0, 0.1) is 0 Å². The van der Waals surface area contributed by atoms with E-state index in [1.54, 1.807) is 18.2 Å². The zero-order valence-corrected chi connectivity index (χ0v) is 13.0. The first kappa shape index (κ1) is 15.4. The van der Waals surface area contributed by atoms with E-state index in [0.29, 0.717) is 26.5 Å². The van der Waals surface area contributed by atoms with Crippen LogP contribution in [-0.2, 0) is 0 Å². The minimum atomic E-state index is -0.0955. The smallest absolute Gasteiger partial charge is 0.159 e. The van der Waals surface area contributed by atoms with Gasteiger partial charge in [-0.25, -0.2) is 0 Å². The lowest BCUT2D eigenvalue weighted by atomic mass is 10.3. The molecule has 0 atom stereocenters. The van der Waals surface area contributed by atoms with Crippen LogP contribution in [-0.4, -0.2) is 11.8 Å². The van der Waals surface area contributed by atoms with Crippen molar-refractivity contribution in [2.45, 2.75) is 0 Å². The van der Waals surface area contributed by atoms with Crippen LogP contribution in [0.2, 0.25) is 20.1 Å². The topological polar surface area (TPSA) is 41.5 Å². The molecule has 0 aromatic heterocycles. The summed E-state index contributed by atoms with van der Waals surface area (Å²) in [7, 11) is 0. The third kappa shape index (κ3) is 3.76. The summed E-state index contributed by atoms with van der Waals surface area (Å²) in [6.07, 6.45) is 0. The number of halogens is 4. The molecule has 2 aromatic carbocycles. The summed E-state index contributed by atoms with van der Waals surface area (Å²) in [5.74, 6) is 0.373. The lowest BCUT2D eigenvalue weighted by Gasteiger charge is -2.12. The number of ether oxygens (including phenoxy) is 1. The summed E-state index contributed by atoms with van der Waals surface area (Å²) in [6, 6.07) is 7.87. The van der Waals surface area contributed by atoms with Gasteiger partial charge in [0.2, 0.25) is 0 Å². The third-order valence-corrected chi connectivity index (χ3v) is 3.45. The second-order valence-electron chi connectivity index (χ2n) is 3.82. The largest absolute Gasteiger partial charge is 0.504 e. The fourth-order valence-electron chi connectivity index (χ4n) is 1.48. The van der Waals surface area contributed by atoms with Gasteiger partial charge in [0.15, 0.2) is 12.5 Å². The molecular formula is C13H9Cl4NO2. The van der Waals surface area contributed by atoms with E-state index in [2.05, 4.69) is 5.32 Å². The molecule has 2 N–H and O–H groups in total. The van der Waals surface area contributed by atoms with Crippen LogP contribution in [0.5, 0.6) is 11.5 Å². The van der Waals surface area contributed by atoms with Crippen molar-refractivity contribution in [2.75, 3.05) is 12.0 Å². The van der Waals surface area contributed by atoms with E-state index < -0.39 is 0 Å². The van der Waals surface area contributed by atoms with Crippen molar-refractivity contribution < 1.29 is 9.84 Å². The highest BCUT2D eigenvalue weighted by Gasteiger charge is 2.08. The first-order chi connectivity index (χ1) is 9.47. The molecular weight excluding hydrogens is 344 g/mol. The maximum Gasteiger partial charge on any atom is 0.159 e. The van der Waals surface area contributed by atoms with Crippen LogP contribution in [0.25, 0.3) is 0 Å². The first-order valence-electron chi connectivity index (χ1n) is 5.47. The molecule has 0 amide bonds. The molecule has 0 unspecified atom stereocenters. The number of anilines is 1. The Bertz CT molecular complexity index is 634. The maximum absolute atomic E-state index is 9.76. The van der Waals surface area contributed by atoms with E-state index in [9.17, 15) is 5.11 Å². The predicted molar refractivity (Wildman–Crippen MR) is 83.7 cm³/mol. The maximum atomic E-state index is 9.76. The molecule has 20 heavy (non-hydrogen) atoms. The molecule has 0 saturated heterocycles. The number of benzene rings is 2. The van der Waals surface area contributed by atoms with Crippen molar-refractivity contribution in [1.29, 1.82) is 0 Å². The van der Waals surface area contributed by atoms with Gasteiger partial charge in [0.05, 0.1) is 15.7 Å². The molecule has 0 fully saturated rings. The molecule has 0 aliphatic heterocycles. The molecule has 0 aliphatic rings. The summed E-state index contributed by atoms with van der Waals surface area (Å²) in [5.41, 5.74) is 0.368. The number of hydrogen-bond donors (Lipinski definition) is 2. The first-order valence-corrected chi connectivity index (χ1v) is 6.98. The van der Waals surface area contributed by atoms with Gasteiger partial charge in [-0.15, -0.1) is 0 Å². The van der Waals surface area contributed by atoms with Crippen molar-refractivity contribution in [3.63, 3.8) is 0 Å². The summed E-state index contributed by atoms with van der Waals surface area (Å²) in [4.78, 5) is 0. The number of phenols is 1. The summed E-state index contributed by atoms with van der Waals surface area (Å²) < 4.78 is 5.43. The molecule has 0 heterocycles. The fourth-order valence-corrected chi connectivity index (χ4v) is 2.44. The lowest BCUT2D eigenvalue weighted by Crippen LogP contribution is -2.09. The highest BCUT2D eigenvalue weighted by molar-refractivity contribution is 6.36. The van der Waals surface area contributed by atoms with Crippen LogP contribution >= 0.6 is 46.4 Å². The second-order valence-corrected chi connectivity index (χ2v) is 5.51. The van der Waals surface area contributed by atoms with Gasteiger partial charge in [-0.3, -0.25) is 0 Å². The van der Waals surface area contributed by atoms with Gasteiger partial charge >= 0.3 is 0 Å². The number of nitrogens with one attached hydrogen (secondary N) is 1. The Morgan fingerprint density at radius 3 is 2.35 bits per heavy atom. The third-order valence-electron chi connectivity index (χ3n) is 2.41. The Balaban J connectivity index is 2.03. The molecule has 7 heteroatoms. The molecule has 2 aromatic rings. The zero-order chi connectivity index (χ0) is 14.7. The van der Waals surface area contributed by atoms with Gasteiger partial charge < -0.3 is 15.2 Å². The Morgan fingerprint density at radius 2 is 1.65 bits per heavy atom. The van der Waals surface area contributed by atoms with Gasteiger partial charge in [-0.05, 0) is 30.3 Å². The van der Waals surface area contributed by atoms with Crippen LogP contribution in [0.15, 0.2) is 30.3 Å². The van der Waals surface area contributed by atoms with Crippen molar-refractivity contribution in [3.05, 3.63) is 50.4 Å². The van der Waals surface area contributed by atoms with Gasteiger partial charge in [-0.1, -0.05) is 46.4 Å². The van der Waals surface area contributed by atoms with Gasteiger partial charge in [0, 0.05) is 10.0 Å². The van der Waals surface area contributed by atoms with Crippen LogP contribution in [0.4, 0.5) is 5.69 Å². The summed E-state index contributed by atoms with van der Waals surface area (Å²) >= 11 is 23.4. The molecule has 0 spiro atoms. The molecule has 0 radical (unpaired) electrons. The van der Waals surface area contributed by atoms with Crippen molar-refractivity contribution in [1.82, 2.24) is 0 Å². The summed E-state index contributed by atoms with van der Waals surface area (Å²) in [5, 5.41) is 14.1. The molecule has 0 saturated carbocycles. The van der Waals surface area contributed by atoms with E-state index in [1.807, 2.05) is 0 Å². The number of hydrogen-bond acceptors (Lipinski definition) is 3. The molecule has 2 rings (SSSR count). The standard InChI is InChI=1S/C13H9Cl4NO2/c14-7-1-2-12(9(16)3-7)20-6-18-11-5-8(15)4-10(17)13(11)19/h1-5,18-19H,6H2. The normalized spacial score (nSPS) is 10.4. The average molecular weight is 353 g/mol. The van der Waals surface area contributed by atoms with E-state index in [1.165, 1.54) is 12.1 Å². The van der Waals surface area contributed by atoms with Gasteiger partial charge in [0.1, 0.15) is 5.75 Å². The van der Waals surface area contributed by atoms with Crippen LogP contribution in [0.3, 0.4) is 0 Å². The Kier molecular flexibility index (Phi) is 5.11. The van der Waals surface area contributed by atoms with E-state index in [4.69, 9.17) is 51.1 Å². The average Bonchev–Trinajstić information content (AvgIpc) is 2.37. The van der Waals surface area contributed by atoms with Crippen LogP contribution < -0.4 is 10.1 Å².